The number of hydrogen-bond acceptors (Lipinski definition) is 4. The van der Waals surface area contributed by atoms with Crippen molar-refractivity contribution < 1.29 is 9.90 Å². The van der Waals surface area contributed by atoms with E-state index in [2.05, 4.69) is 10.3 Å². The van der Waals surface area contributed by atoms with Crippen LogP contribution in [-0.2, 0) is 0 Å². The average molecular weight is 266 g/mol. The number of aliphatic hydroxyl groups is 1. The second-order valence-corrected chi connectivity index (χ2v) is 6.00. The van der Waals surface area contributed by atoms with E-state index in [0.717, 1.165) is 29.9 Å². The molecule has 0 aromatic carbocycles. The van der Waals surface area contributed by atoms with Gasteiger partial charge in [0.15, 0.2) is 0 Å². The van der Waals surface area contributed by atoms with Crippen molar-refractivity contribution in [3.63, 3.8) is 0 Å². The number of thioether (sulfide) groups is 1. The van der Waals surface area contributed by atoms with E-state index in [9.17, 15) is 9.90 Å². The van der Waals surface area contributed by atoms with Crippen molar-refractivity contribution in [1.82, 2.24) is 10.3 Å². The van der Waals surface area contributed by atoms with Crippen LogP contribution in [0.2, 0.25) is 0 Å². The van der Waals surface area contributed by atoms with Crippen LogP contribution in [0.1, 0.15) is 28.8 Å². The zero-order valence-electron chi connectivity index (χ0n) is 10.5. The maximum atomic E-state index is 11.9. The molecule has 0 unspecified atom stereocenters. The first-order valence-corrected chi connectivity index (χ1v) is 7.25. The molecule has 2 rings (SSSR count). The minimum absolute atomic E-state index is 0.169. The molecular weight excluding hydrogens is 248 g/mol. The number of carbonyl (C=O) groups excluding carboxylic acids is 1. The molecule has 1 amide bonds. The maximum absolute atomic E-state index is 11.9. The van der Waals surface area contributed by atoms with Crippen LogP contribution in [0.25, 0.3) is 0 Å². The predicted molar refractivity (Wildman–Crippen MR) is 72.8 cm³/mol. The third-order valence-corrected chi connectivity index (χ3v) is 4.12. The van der Waals surface area contributed by atoms with Crippen molar-refractivity contribution in [3.8, 4) is 0 Å². The topological polar surface area (TPSA) is 62.2 Å². The van der Waals surface area contributed by atoms with Gasteiger partial charge in [-0.15, -0.1) is 0 Å². The Kier molecular flexibility index (Phi) is 4.24. The van der Waals surface area contributed by atoms with Crippen molar-refractivity contribution in [1.29, 1.82) is 0 Å². The fourth-order valence-electron chi connectivity index (χ4n) is 1.95. The molecule has 2 N–H and O–H groups in total. The number of rotatable bonds is 3. The Morgan fingerprint density at radius 3 is 2.89 bits per heavy atom. The fraction of sp³-hybridized carbons (Fsp3) is 0.538. The van der Waals surface area contributed by atoms with E-state index < -0.39 is 5.60 Å². The molecule has 0 bridgehead atoms. The van der Waals surface area contributed by atoms with Crippen LogP contribution in [0.5, 0.6) is 0 Å². The highest BCUT2D eigenvalue weighted by atomic mass is 32.2. The summed E-state index contributed by atoms with van der Waals surface area (Å²) < 4.78 is 0. The van der Waals surface area contributed by atoms with Crippen molar-refractivity contribution in [3.05, 3.63) is 29.6 Å². The number of carbonyl (C=O) groups is 1. The quantitative estimate of drug-likeness (QED) is 0.867. The number of hydrogen-bond donors (Lipinski definition) is 2. The Balaban J connectivity index is 1.92. The summed E-state index contributed by atoms with van der Waals surface area (Å²) in [6.07, 6.45) is 4.74. The summed E-state index contributed by atoms with van der Waals surface area (Å²) >= 11 is 1.85. The molecule has 1 aliphatic heterocycles. The zero-order chi connectivity index (χ0) is 13.0. The molecule has 1 saturated heterocycles. The first-order chi connectivity index (χ1) is 8.59. The molecule has 2 heterocycles. The zero-order valence-corrected chi connectivity index (χ0v) is 11.3. The number of aryl methyl sites for hydroxylation is 1. The van der Waals surface area contributed by atoms with E-state index in [-0.39, 0.29) is 5.91 Å². The van der Waals surface area contributed by atoms with Crippen LogP contribution >= 0.6 is 11.8 Å². The average Bonchev–Trinajstić information content (AvgIpc) is 2.37. The Bertz CT molecular complexity index is 431. The number of nitrogens with zero attached hydrogens (tertiary/aromatic N) is 1. The van der Waals surface area contributed by atoms with Crippen molar-refractivity contribution in [2.75, 3.05) is 18.1 Å². The molecule has 1 aromatic heterocycles. The molecule has 1 aromatic rings. The molecule has 0 atom stereocenters. The van der Waals surface area contributed by atoms with E-state index in [1.165, 1.54) is 0 Å². The van der Waals surface area contributed by atoms with Crippen LogP contribution in [0.3, 0.4) is 0 Å². The molecule has 0 saturated carbocycles. The largest absolute Gasteiger partial charge is 0.388 e. The van der Waals surface area contributed by atoms with Gasteiger partial charge in [-0.1, -0.05) is 0 Å². The van der Waals surface area contributed by atoms with E-state index >= 15 is 0 Å². The van der Waals surface area contributed by atoms with Gasteiger partial charge in [0, 0.05) is 18.9 Å². The van der Waals surface area contributed by atoms with Crippen LogP contribution in [0.15, 0.2) is 18.5 Å². The lowest BCUT2D eigenvalue weighted by Crippen LogP contribution is -2.45. The first kappa shape index (κ1) is 13.4. The SMILES string of the molecule is Cc1cncc(C(=O)NCC2(O)CCSCC2)c1. The standard InChI is InChI=1S/C13H18N2O2S/c1-10-6-11(8-14-7-10)12(16)15-9-13(17)2-4-18-5-3-13/h6-8,17H,2-5,9H2,1H3,(H,15,16). The molecule has 1 fully saturated rings. The normalized spacial score (nSPS) is 18.3. The smallest absolute Gasteiger partial charge is 0.252 e. The summed E-state index contributed by atoms with van der Waals surface area (Å²) in [6.45, 7) is 2.22. The molecule has 1 aliphatic rings. The third-order valence-electron chi connectivity index (χ3n) is 3.14. The highest BCUT2D eigenvalue weighted by molar-refractivity contribution is 7.99. The first-order valence-electron chi connectivity index (χ1n) is 6.09. The van der Waals surface area contributed by atoms with Crippen LogP contribution in [0, 0.1) is 6.92 Å². The molecule has 0 radical (unpaired) electrons. The predicted octanol–water partition coefficient (Wildman–Crippen LogP) is 1.38. The lowest BCUT2D eigenvalue weighted by molar-refractivity contribution is 0.0311. The summed E-state index contributed by atoms with van der Waals surface area (Å²) in [5.74, 6) is 1.74. The Hall–Kier alpha value is -1.07. The summed E-state index contributed by atoms with van der Waals surface area (Å²) in [5.41, 5.74) is 0.761. The molecule has 98 valence electrons. The lowest BCUT2D eigenvalue weighted by Gasteiger charge is -2.31. The van der Waals surface area contributed by atoms with E-state index in [1.54, 1.807) is 18.5 Å². The second kappa shape index (κ2) is 5.71. The van der Waals surface area contributed by atoms with Gasteiger partial charge in [-0.25, -0.2) is 0 Å². The van der Waals surface area contributed by atoms with Gasteiger partial charge in [0.2, 0.25) is 0 Å². The van der Waals surface area contributed by atoms with Gasteiger partial charge in [0.25, 0.3) is 5.91 Å². The second-order valence-electron chi connectivity index (χ2n) is 4.77. The maximum Gasteiger partial charge on any atom is 0.252 e. The lowest BCUT2D eigenvalue weighted by atomic mass is 9.97. The van der Waals surface area contributed by atoms with Gasteiger partial charge in [-0.2, -0.15) is 11.8 Å². The van der Waals surface area contributed by atoms with Gasteiger partial charge in [0.05, 0.1) is 11.2 Å². The van der Waals surface area contributed by atoms with Gasteiger partial charge >= 0.3 is 0 Å². The summed E-state index contributed by atoms with van der Waals surface area (Å²) in [5, 5.41) is 13.1. The third kappa shape index (κ3) is 3.46. The van der Waals surface area contributed by atoms with Crippen molar-refractivity contribution in [2.45, 2.75) is 25.4 Å². The summed E-state index contributed by atoms with van der Waals surface area (Å²) in [7, 11) is 0. The molecule has 4 nitrogen and oxygen atoms in total. The highest BCUT2D eigenvalue weighted by Gasteiger charge is 2.29. The number of pyridine rings is 1. The van der Waals surface area contributed by atoms with Crippen molar-refractivity contribution >= 4 is 17.7 Å². The van der Waals surface area contributed by atoms with Crippen LogP contribution < -0.4 is 5.32 Å². The highest BCUT2D eigenvalue weighted by Crippen LogP contribution is 2.26. The number of aromatic nitrogens is 1. The Morgan fingerprint density at radius 2 is 2.22 bits per heavy atom. The van der Waals surface area contributed by atoms with Gasteiger partial charge in [-0.05, 0) is 42.9 Å². The molecule has 18 heavy (non-hydrogen) atoms. The fourth-order valence-corrected chi connectivity index (χ4v) is 3.21. The van der Waals surface area contributed by atoms with Crippen molar-refractivity contribution in [2.24, 2.45) is 0 Å². The monoisotopic (exact) mass is 266 g/mol. The van der Waals surface area contributed by atoms with E-state index in [0.29, 0.717) is 12.1 Å². The van der Waals surface area contributed by atoms with E-state index in [4.69, 9.17) is 0 Å². The van der Waals surface area contributed by atoms with Gasteiger partial charge in [-0.3, -0.25) is 9.78 Å². The molecule has 0 spiro atoms. The van der Waals surface area contributed by atoms with Gasteiger partial charge in [0.1, 0.15) is 0 Å². The number of amides is 1. The Morgan fingerprint density at radius 1 is 1.50 bits per heavy atom. The van der Waals surface area contributed by atoms with Crippen LogP contribution in [-0.4, -0.2) is 39.6 Å². The van der Waals surface area contributed by atoms with Crippen LogP contribution in [0.4, 0.5) is 0 Å². The molecular formula is C13H18N2O2S. The minimum atomic E-state index is -0.738. The molecule has 5 heteroatoms. The summed E-state index contributed by atoms with van der Waals surface area (Å²) in [4.78, 5) is 15.9. The molecule has 0 aliphatic carbocycles. The van der Waals surface area contributed by atoms with Gasteiger partial charge < -0.3 is 10.4 Å². The Labute approximate surface area is 111 Å². The summed E-state index contributed by atoms with van der Waals surface area (Å²) in [6, 6.07) is 1.79. The number of nitrogens with one attached hydrogen (secondary N) is 1. The van der Waals surface area contributed by atoms with E-state index in [1.807, 2.05) is 18.7 Å². The minimum Gasteiger partial charge on any atom is -0.388 e.